The maximum atomic E-state index is 6.25. The number of fused-ring (bicyclic) bond motifs is 10. The number of thiophene rings is 1. The molecular weight excluding hydrogens is 657 g/mol. The molecule has 0 aliphatic carbocycles. The van der Waals surface area contributed by atoms with Crippen LogP contribution in [0, 0.1) is 0 Å². The van der Waals surface area contributed by atoms with Gasteiger partial charge < -0.3 is 4.42 Å². The molecule has 0 saturated carbocycles. The van der Waals surface area contributed by atoms with Crippen molar-refractivity contribution in [3.63, 3.8) is 0 Å². The predicted molar refractivity (Wildman–Crippen MR) is 215 cm³/mol. The molecule has 11 rings (SSSR count). The van der Waals surface area contributed by atoms with E-state index in [1.807, 2.05) is 78.1 Å². The summed E-state index contributed by atoms with van der Waals surface area (Å²) >= 11 is 1.83. The fourth-order valence-electron chi connectivity index (χ4n) is 7.57. The summed E-state index contributed by atoms with van der Waals surface area (Å²) in [6.07, 6.45) is 0. The van der Waals surface area contributed by atoms with Crippen molar-refractivity contribution in [2.24, 2.45) is 0 Å². The average molecular weight is 683 g/mol. The topological polar surface area (TPSA) is 64.7 Å². The molecule has 0 N–H and O–H groups in total. The highest BCUT2D eigenvalue weighted by Crippen LogP contribution is 2.44. The Kier molecular flexibility index (Phi) is 6.35. The predicted octanol–water partition coefficient (Wildman–Crippen LogP) is 12.5. The van der Waals surface area contributed by atoms with Crippen molar-refractivity contribution in [2.75, 3.05) is 0 Å². The lowest BCUT2D eigenvalue weighted by Gasteiger charge is -2.13. The summed E-state index contributed by atoms with van der Waals surface area (Å²) in [5.74, 6) is 1.77. The summed E-state index contributed by atoms with van der Waals surface area (Å²) in [7, 11) is 0. The number of aromatic nitrogens is 4. The van der Waals surface area contributed by atoms with Crippen molar-refractivity contribution >= 4 is 75.1 Å². The van der Waals surface area contributed by atoms with Gasteiger partial charge in [-0.1, -0.05) is 127 Å². The fraction of sp³-hybridized carbons (Fsp3) is 0. The Labute approximate surface area is 301 Å². The van der Waals surface area contributed by atoms with E-state index >= 15 is 0 Å². The molecule has 5 nitrogen and oxygen atoms in total. The Morgan fingerprint density at radius 3 is 1.90 bits per heavy atom. The Bertz CT molecular complexity index is 3190. The maximum Gasteiger partial charge on any atom is 0.164 e. The summed E-state index contributed by atoms with van der Waals surface area (Å²) in [5, 5.41) is 7.99. The number of rotatable bonds is 4. The average Bonchev–Trinajstić information content (AvgIpc) is 3.79. The highest BCUT2D eigenvalue weighted by atomic mass is 32.1. The van der Waals surface area contributed by atoms with Crippen molar-refractivity contribution < 1.29 is 4.42 Å². The molecule has 0 atom stereocenters. The third-order valence-electron chi connectivity index (χ3n) is 9.91. The highest BCUT2D eigenvalue weighted by Gasteiger charge is 2.20. The van der Waals surface area contributed by atoms with Gasteiger partial charge in [0, 0.05) is 69.4 Å². The van der Waals surface area contributed by atoms with E-state index in [0.717, 1.165) is 66.2 Å². The van der Waals surface area contributed by atoms with Crippen LogP contribution < -0.4 is 0 Å². The molecule has 0 unspecified atom stereocenters. The number of hydrogen-bond acceptors (Lipinski definition) is 6. The van der Waals surface area contributed by atoms with E-state index in [1.54, 1.807) is 0 Å². The highest BCUT2D eigenvalue weighted by molar-refractivity contribution is 7.26. The molecule has 0 aliphatic heterocycles. The minimum atomic E-state index is 0.581. The zero-order valence-corrected chi connectivity index (χ0v) is 28.4. The first-order valence-electron chi connectivity index (χ1n) is 17.2. The van der Waals surface area contributed by atoms with E-state index in [-0.39, 0.29) is 0 Å². The Morgan fingerprint density at radius 1 is 0.385 bits per heavy atom. The van der Waals surface area contributed by atoms with Gasteiger partial charge in [-0.3, -0.25) is 0 Å². The van der Waals surface area contributed by atoms with Crippen LogP contribution >= 0.6 is 11.3 Å². The maximum absolute atomic E-state index is 6.25. The van der Waals surface area contributed by atoms with Gasteiger partial charge in [-0.15, -0.1) is 11.3 Å². The van der Waals surface area contributed by atoms with E-state index in [4.69, 9.17) is 24.4 Å². The zero-order valence-electron chi connectivity index (χ0n) is 27.6. The molecule has 4 aromatic heterocycles. The third-order valence-corrected chi connectivity index (χ3v) is 11.1. The number of nitrogens with zero attached hydrogens (tertiary/aromatic N) is 4. The Morgan fingerprint density at radius 2 is 1.06 bits per heavy atom. The molecule has 11 aromatic rings. The van der Waals surface area contributed by atoms with Crippen molar-refractivity contribution in [2.45, 2.75) is 0 Å². The second-order valence-electron chi connectivity index (χ2n) is 13.0. The summed E-state index contributed by atoms with van der Waals surface area (Å²) in [6.45, 7) is 0. The van der Waals surface area contributed by atoms with Gasteiger partial charge in [0.2, 0.25) is 0 Å². The van der Waals surface area contributed by atoms with Gasteiger partial charge in [-0.2, -0.15) is 0 Å². The molecule has 0 bridgehead atoms. The van der Waals surface area contributed by atoms with Gasteiger partial charge in [0.15, 0.2) is 17.5 Å². The lowest BCUT2D eigenvalue weighted by Crippen LogP contribution is -2.00. The van der Waals surface area contributed by atoms with Crippen molar-refractivity contribution in [1.82, 2.24) is 19.9 Å². The molecule has 0 saturated heterocycles. The number of para-hydroxylation sites is 1. The molecule has 0 amide bonds. The fourth-order valence-corrected chi connectivity index (χ4v) is 8.68. The van der Waals surface area contributed by atoms with Crippen LogP contribution in [0.3, 0.4) is 0 Å². The number of pyridine rings is 1. The van der Waals surface area contributed by atoms with Gasteiger partial charge in [0.1, 0.15) is 11.2 Å². The first-order chi connectivity index (χ1) is 25.8. The van der Waals surface area contributed by atoms with Crippen LogP contribution in [-0.2, 0) is 0 Å². The van der Waals surface area contributed by atoms with E-state index < -0.39 is 0 Å². The van der Waals surface area contributed by atoms with E-state index in [1.165, 1.54) is 25.6 Å². The number of hydrogen-bond donors (Lipinski definition) is 0. The normalized spacial score (nSPS) is 11.8. The van der Waals surface area contributed by atoms with Gasteiger partial charge >= 0.3 is 0 Å². The van der Waals surface area contributed by atoms with Gasteiger partial charge in [0.25, 0.3) is 0 Å². The second-order valence-corrected chi connectivity index (χ2v) is 14.1. The minimum absolute atomic E-state index is 0.581. The van der Waals surface area contributed by atoms with Crippen molar-refractivity contribution in [1.29, 1.82) is 0 Å². The smallest absolute Gasteiger partial charge is 0.164 e. The first-order valence-corrected chi connectivity index (χ1v) is 18.0. The number of benzene rings is 7. The summed E-state index contributed by atoms with van der Waals surface area (Å²) in [4.78, 5) is 20.7. The molecule has 242 valence electrons. The molecule has 0 aliphatic rings. The largest absolute Gasteiger partial charge is 0.456 e. The molecule has 0 spiro atoms. The lowest BCUT2D eigenvalue weighted by molar-refractivity contribution is 0.669. The summed E-state index contributed by atoms with van der Waals surface area (Å²) in [5.41, 5.74) is 7.22. The van der Waals surface area contributed by atoms with E-state index in [0.29, 0.717) is 17.5 Å². The zero-order chi connectivity index (χ0) is 34.2. The van der Waals surface area contributed by atoms with Gasteiger partial charge in [-0.05, 0) is 30.3 Å². The van der Waals surface area contributed by atoms with Gasteiger partial charge in [0.05, 0.1) is 11.2 Å². The van der Waals surface area contributed by atoms with Gasteiger partial charge in [-0.25, -0.2) is 19.9 Å². The van der Waals surface area contributed by atoms with Crippen LogP contribution in [0.4, 0.5) is 0 Å². The van der Waals surface area contributed by atoms with Crippen LogP contribution in [0.25, 0.3) is 109 Å². The minimum Gasteiger partial charge on any atom is -0.456 e. The molecule has 0 fully saturated rings. The standard InChI is InChI=1S/C46H26N4OS/c1-3-12-27(13-4-1)43-33-24-25-39-42(32-17-8-10-21-38(32)52-39)41(33)30-23-22-29(26-35(30)47-43)45-48-44(28-14-5-2-6-15-28)49-46(50-45)34-18-11-20-37-40(34)31-16-7-9-19-36(31)51-37/h1-26H. The van der Waals surface area contributed by atoms with Crippen molar-refractivity contribution in [3.8, 4) is 45.4 Å². The molecule has 6 heteroatoms. The van der Waals surface area contributed by atoms with E-state index in [2.05, 4.69) is 91.0 Å². The molecule has 4 heterocycles. The van der Waals surface area contributed by atoms with Crippen LogP contribution in [0.2, 0.25) is 0 Å². The third kappa shape index (κ3) is 4.48. The SMILES string of the molecule is c1ccc(-c2nc(-c3ccc4c(c3)nc(-c3ccccc3)c3ccc5sc6ccccc6c5c34)nc(-c3cccc4oc5ccccc5c34)n2)cc1. The van der Waals surface area contributed by atoms with Crippen LogP contribution in [0.15, 0.2) is 162 Å². The quantitative estimate of drug-likeness (QED) is 0.173. The monoisotopic (exact) mass is 682 g/mol. The molecule has 52 heavy (non-hydrogen) atoms. The summed E-state index contributed by atoms with van der Waals surface area (Å²) in [6, 6.07) is 54.3. The molecular formula is C46H26N4OS. The van der Waals surface area contributed by atoms with Crippen LogP contribution in [-0.4, -0.2) is 19.9 Å². The lowest BCUT2D eigenvalue weighted by atomic mass is 9.95. The van der Waals surface area contributed by atoms with Crippen LogP contribution in [0.5, 0.6) is 0 Å². The Hall–Kier alpha value is -6.76. The van der Waals surface area contributed by atoms with Crippen molar-refractivity contribution in [3.05, 3.63) is 158 Å². The first kappa shape index (κ1) is 29.0. The number of furan rings is 1. The second kappa shape index (κ2) is 11.4. The molecule has 7 aromatic carbocycles. The van der Waals surface area contributed by atoms with E-state index in [9.17, 15) is 0 Å². The van der Waals surface area contributed by atoms with Crippen LogP contribution in [0.1, 0.15) is 0 Å². The Balaban J connectivity index is 1.20. The molecule has 0 radical (unpaired) electrons. The summed E-state index contributed by atoms with van der Waals surface area (Å²) < 4.78 is 8.79.